The lowest BCUT2D eigenvalue weighted by Crippen LogP contribution is -2.43. The molecule has 2 aromatic heterocycles. The van der Waals surface area contributed by atoms with Crippen LogP contribution in [0.4, 0.5) is 0 Å². The molecule has 7 heteroatoms. The van der Waals surface area contributed by atoms with Gasteiger partial charge in [-0.3, -0.25) is 14.2 Å². The molecule has 1 N–H and O–H groups in total. The van der Waals surface area contributed by atoms with Crippen molar-refractivity contribution in [2.45, 2.75) is 44.8 Å². The van der Waals surface area contributed by atoms with Gasteiger partial charge in [-0.1, -0.05) is 0 Å². The average Bonchev–Trinajstić information content (AvgIpc) is 3.15. The fourth-order valence-electron chi connectivity index (χ4n) is 3.12. The van der Waals surface area contributed by atoms with E-state index in [4.69, 9.17) is 4.74 Å². The molecule has 1 aliphatic carbocycles. The molecule has 0 aromatic carbocycles. The lowest BCUT2D eigenvalue weighted by Gasteiger charge is -2.21. The van der Waals surface area contributed by atoms with Gasteiger partial charge in [0.15, 0.2) is 5.75 Å². The number of aryl methyl sites for hydroxylation is 3. The Labute approximate surface area is 135 Å². The van der Waals surface area contributed by atoms with Crippen LogP contribution in [0.1, 0.15) is 30.7 Å². The fraction of sp³-hybridized carbons (Fsp3) is 0.562. The Morgan fingerprint density at radius 1 is 1.43 bits per heavy atom. The van der Waals surface area contributed by atoms with Crippen molar-refractivity contribution in [2.75, 3.05) is 0 Å². The summed E-state index contributed by atoms with van der Waals surface area (Å²) in [6.07, 6.45) is 6.85. The monoisotopic (exact) mass is 317 g/mol. The van der Waals surface area contributed by atoms with E-state index in [2.05, 4.69) is 15.5 Å². The topological polar surface area (TPSA) is 74.0 Å². The molecule has 1 aliphatic rings. The first kappa shape index (κ1) is 15.6. The zero-order chi connectivity index (χ0) is 16.4. The number of amides is 1. The Morgan fingerprint density at radius 3 is 2.91 bits per heavy atom. The molecule has 0 aliphatic heterocycles. The quantitative estimate of drug-likeness (QED) is 0.897. The van der Waals surface area contributed by atoms with Gasteiger partial charge in [-0.15, -0.1) is 0 Å². The van der Waals surface area contributed by atoms with Crippen LogP contribution in [0.15, 0.2) is 18.5 Å². The van der Waals surface area contributed by atoms with Crippen LogP contribution in [0, 0.1) is 6.92 Å². The van der Waals surface area contributed by atoms with E-state index in [1.54, 1.807) is 15.6 Å². The van der Waals surface area contributed by atoms with Crippen molar-refractivity contribution >= 4 is 5.91 Å². The van der Waals surface area contributed by atoms with E-state index >= 15 is 0 Å². The van der Waals surface area contributed by atoms with Crippen molar-refractivity contribution in [3.8, 4) is 5.75 Å². The highest BCUT2D eigenvalue weighted by molar-refractivity contribution is 5.78. The second-order valence-electron chi connectivity index (χ2n) is 6.19. The minimum absolute atomic E-state index is 0.0106. The Bertz CT molecular complexity index is 690. The van der Waals surface area contributed by atoms with Crippen LogP contribution < -0.4 is 10.1 Å². The predicted octanol–water partition coefficient (Wildman–Crippen LogP) is 1.12. The summed E-state index contributed by atoms with van der Waals surface area (Å²) < 4.78 is 9.44. The lowest BCUT2D eigenvalue weighted by molar-refractivity contribution is -0.121. The Balaban J connectivity index is 1.57. The van der Waals surface area contributed by atoms with Gasteiger partial charge in [0.2, 0.25) is 5.91 Å². The van der Waals surface area contributed by atoms with Gasteiger partial charge >= 0.3 is 0 Å². The molecule has 0 saturated heterocycles. The first-order valence-corrected chi connectivity index (χ1v) is 7.95. The molecule has 1 saturated carbocycles. The molecular formula is C16H23N5O2. The molecule has 0 spiro atoms. The summed E-state index contributed by atoms with van der Waals surface area (Å²) in [6.45, 7) is 1.93. The van der Waals surface area contributed by atoms with Crippen LogP contribution in [0.5, 0.6) is 5.75 Å². The Morgan fingerprint density at radius 2 is 2.26 bits per heavy atom. The van der Waals surface area contributed by atoms with Crippen molar-refractivity contribution in [2.24, 2.45) is 14.1 Å². The first-order valence-electron chi connectivity index (χ1n) is 7.95. The largest absolute Gasteiger partial charge is 0.485 e. The van der Waals surface area contributed by atoms with Crippen molar-refractivity contribution < 1.29 is 9.53 Å². The summed E-state index contributed by atoms with van der Waals surface area (Å²) in [5.41, 5.74) is 1.84. The van der Waals surface area contributed by atoms with E-state index in [-0.39, 0.29) is 18.1 Å². The highest BCUT2D eigenvalue weighted by Gasteiger charge is 2.30. The number of rotatable bonds is 5. The van der Waals surface area contributed by atoms with E-state index < -0.39 is 0 Å². The summed E-state index contributed by atoms with van der Waals surface area (Å²) in [5.74, 6) is 0.764. The SMILES string of the molecule is Cc1cc(CC(=O)N[C@H]2CCC[C@H]2Oc2cnn(C)c2)n(C)n1. The smallest absolute Gasteiger partial charge is 0.226 e. The summed E-state index contributed by atoms with van der Waals surface area (Å²) in [6, 6.07) is 2.00. The van der Waals surface area contributed by atoms with Gasteiger partial charge in [0.1, 0.15) is 6.10 Å². The highest BCUT2D eigenvalue weighted by atomic mass is 16.5. The van der Waals surface area contributed by atoms with Crippen LogP contribution >= 0.6 is 0 Å². The number of hydrogen-bond donors (Lipinski definition) is 1. The molecule has 2 atom stereocenters. The van der Waals surface area contributed by atoms with Gasteiger partial charge in [0.25, 0.3) is 0 Å². The minimum Gasteiger partial charge on any atom is -0.485 e. The number of aromatic nitrogens is 4. The molecule has 2 aromatic rings. The number of nitrogens with zero attached hydrogens (tertiary/aromatic N) is 4. The molecule has 0 radical (unpaired) electrons. The maximum atomic E-state index is 12.3. The van der Waals surface area contributed by atoms with Gasteiger partial charge < -0.3 is 10.1 Å². The maximum absolute atomic E-state index is 12.3. The van der Waals surface area contributed by atoms with Crippen molar-refractivity contribution in [1.29, 1.82) is 0 Å². The molecular weight excluding hydrogens is 294 g/mol. The maximum Gasteiger partial charge on any atom is 0.226 e. The van der Waals surface area contributed by atoms with E-state index in [9.17, 15) is 4.79 Å². The number of carbonyl (C=O) groups excluding carboxylic acids is 1. The highest BCUT2D eigenvalue weighted by Crippen LogP contribution is 2.24. The van der Waals surface area contributed by atoms with Crippen molar-refractivity contribution in [3.63, 3.8) is 0 Å². The van der Waals surface area contributed by atoms with Crippen LogP contribution in [0.2, 0.25) is 0 Å². The number of ether oxygens (including phenoxy) is 1. The lowest BCUT2D eigenvalue weighted by atomic mass is 10.2. The van der Waals surface area contributed by atoms with Crippen LogP contribution in [0.3, 0.4) is 0 Å². The van der Waals surface area contributed by atoms with Gasteiger partial charge in [0.05, 0.1) is 30.6 Å². The second-order valence-corrected chi connectivity index (χ2v) is 6.19. The number of nitrogens with one attached hydrogen (secondary N) is 1. The van der Waals surface area contributed by atoms with Crippen molar-refractivity contribution in [1.82, 2.24) is 24.9 Å². The zero-order valence-corrected chi connectivity index (χ0v) is 13.8. The molecule has 23 heavy (non-hydrogen) atoms. The number of hydrogen-bond acceptors (Lipinski definition) is 4. The summed E-state index contributed by atoms with van der Waals surface area (Å²) in [4.78, 5) is 12.3. The summed E-state index contributed by atoms with van der Waals surface area (Å²) >= 11 is 0. The Kier molecular flexibility index (Phi) is 4.36. The van der Waals surface area contributed by atoms with E-state index in [0.717, 1.165) is 36.4 Å². The normalized spacial score (nSPS) is 20.7. The predicted molar refractivity (Wildman–Crippen MR) is 85.1 cm³/mol. The third-order valence-electron chi connectivity index (χ3n) is 4.21. The first-order chi connectivity index (χ1) is 11.0. The van der Waals surface area contributed by atoms with E-state index in [1.807, 2.05) is 33.3 Å². The standard InChI is InChI=1S/C16H23N5O2/c1-11-7-12(21(3)19-11)8-16(22)18-14-5-4-6-15(14)23-13-9-17-20(2)10-13/h7,9-10,14-15H,4-6,8H2,1-3H3,(H,18,22)/t14-,15+/m0/s1. The molecule has 3 rings (SSSR count). The minimum atomic E-state index is 0.0106. The third-order valence-corrected chi connectivity index (χ3v) is 4.21. The van der Waals surface area contributed by atoms with E-state index in [1.165, 1.54) is 0 Å². The third kappa shape index (κ3) is 3.72. The van der Waals surface area contributed by atoms with Crippen LogP contribution in [-0.2, 0) is 25.3 Å². The average molecular weight is 317 g/mol. The molecule has 0 bridgehead atoms. The van der Waals surface area contributed by atoms with Gasteiger partial charge in [-0.05, 0) is 32.3 Å². The molecule has 124 valence electrons. The van der Waals surface area contributed by atoms with Gasteiger partial charge in [0, 0.05) is 19.8 Å². The van der Waals surface area contributed by atoms with Crippen LogP contribution in [-0.4, -0.2) is 37.6 Å². The molecule has 2 heterocycles. The van der Waals surface area contributed by atoms with Crippen molar-refractivity contribution in [3.05, 3.63) is 29.8 Å². The van der Waals surface area contributed by atoms with Gasteiger partial charge in [-0.25, -0.2) is 0 Å². The molecule has 1 amide bonds. The number of carbonyl (C=O) groups is 1. The van der Waals surface area contributed by atoms with Crippen LogP contribution in [0.25, 0.3) is 0 Å². The second kappa shape index (κ2) is 6.44. The van der Waals surface area contributed by atoms with Gasteiger partial charge in [-0.2, -0.15) is 10.2 Å². The zero-order valence-electron chi connectivity index (χ0n) is 13.8. The fourth-order valence-corrected chi connectivity index (χ4v) is 3.12. The Hall–Kier alpha value is -2.31. The molecule has 1 fully saturated rings. The molecule has 7 nitrogen and oxygen atoms in total. The molecule has 0 unspecified atom stereocenters. The van der Waals surface area contributed by atoms with E-state index in [0.29, 0.717) is 6.42 Å². The summed E-state index contributed by atoms with van der Waals surface area (Å²) in [5, 5.41) is 11.5. The summed E-state index contributed by atoms with van der Waals surface area (Å²) in [7, 11) is 3.72.